The number of carbonyl (C=O) groups excluding carboxylic acids is 3. The lowest BCUT2D eigenvalue weighted by Gasteiger charge is -2.09. The second-order valence-electron chi connectivity index (χ2n) is 7.65. The zero-order chi connectivity index (χ0) is 22.4. The van der Waals surface area contributed by atoms with Gasteiger partial charge < -0.3 is 10.1 Å². The second kappa shape index (κ2) is 9.84. The van der Waals surface area contributed by atoms with E-state index in [1.165, 1.54) is 0 Å². The van der Waals surface area contributed by atoms with Gasteiger partial charge in [-0.3, -0.25) is 9.59 Å². The molecule has 0 aliphatic heterocycles. The smallest absolute Gasteiger partial charge is 0.338 e. The third kappa shape index (κ3) is 5.88. The molecule has 2 aromatic carbocycles. The van der Waals surface area contributed by atoms with Crippen LogP contribution < -0.4 is 5.32 Å². The lowest BCUT2D eigenvalue weighted by Crippen LogP contribution is -2.15. The van der Waals surface area contributed by atoms with Crippen LogP contribution in [-0.4, -0.2) is 34.0 Å². The topological polar surface area (TPSA) is 90.3 Å². The molecule has 0 aliphatic rings. The number of nitrogens with zero attached hydrogens (tertiary/aromatic N) is 2. The van der Waals surface area contributed by atoms with Gasteiger partial charge in [0.25, 0.3) is 0 Å². The molecule has 7 nitrogen and oxygen atoms in total. The molecule has 0 saturated carbocycles. The minimum atomic E-state index is -0.574. The standard InChI is InChI=1S/C24H25N3O4/c1-16(2)14-23(29)26-20-8-4-18(5-9-20)22(28)15-31-24(30)19-6-10-21(11-7-19)27-17(3)12-13-25-27/h4-13,16H,14-15H2,1-3H3,(H,26,29). The van der Waals surface area contributed by atoms with Crippen LogP contribution in [0.3, 0.4) is 0 Å². The molecule has 0 spiro atoms. The van der Waals surface area contributed by atoms with Gasteiger partial charge in [0.05, 0.1) is 11.3 Å². The maximum atomic E-state index is 12.3. The number of aromatic nitrogens is 2. The van der Waals surface area contributed by atoms with Crippen LogP contribution in [-0.2, 0) is 9.53 Å². The van der Waals surface area contributed by atoms with E-state index in [-0.39, 0.29) is 24.2 Å². The fourth-order valence-electron chi connectivity index (χ4n) is 3.00. The molecule has 1 amide bonds. The van der Waals surface area contributed by atoms with Crippen molar-refractivity contribution in [2.75, 3.05) is 11.9 Å². The predicted molar refractivity (Wildman–Crippen MR) is 117 cm³/mol. The van der Waals surface area contributed by atoms with Crippen LogP contribution in [0.2, 0.25) is 0 Å². The molecule has 0 saturated heterocycles. The van der Waals surface area contributed by atoms with E-state index in [1.54, 1.807) is 59.4 Å². The van der Waals surface area contributed by atoms with Gasteiger partial charge >= 0.3 is 5.97 Å². The Labute approximate surface area is 181 Å². The van der Waals surface area contributed by atoms with Crippen molar-refractivity contribution < 1.29 is 19.1 Å². The summed E-state index contributed by atoms with van der Waals surface area (Å²) in [6.07, 6.45) is 2.13. The van der Waals surface area contributed by atoms with Gasteiger partial charge in [-0.15, -0.1) is 0 Å². The molecule has 0 unspecified atom stereocenters. The number of ether oxygens (including phenoxy) is 1. The van der Waals surface area contributed by atoms with Crippen LogP contribution in [0.15, 0.2) is 60.8 Å². The molecule has 3 rings (SSSR count). The summed E-state index contributed by atoms with van der Waals surface area (Å²) in [6, 6.07) is 15.2. The maximum absolute atomic E-state index is 12.3. The number of nitrogens with one attached hydrogen (secondary N) is 1. The Bertz CT molecular complexity index is 1070. The number of benzene rings is 2. The summed E-state index contributed by atoms with van der Waals surface area (Å²) in [7, 11) is 0. The summed E-state index contributed by atoms with van der Waals surface area (Å²) in [5.74, 6) is -0.704. The normalized spacial score (nSPS) is 10.7. The predicted octanol–water partition coefficient (Wildman–Crippen LogP) is 4.21. The monoisotopic (exact) mass is 419 g/mol. The van der Waals surface area contributed by atoms with Gasteiger partial charge in [0.15, 0.2) is 12.4 Å². The molecule has 0 fully saturated rings. The Morgan fingerprint density at radius 3 is 2.19 bits per heavy atom. The number of carbonyl (C=O) groups is 3. The lowest BCUT2D eigenvalue weighted by atomic mass is 10.1. The van der Waals surface area contributed by atoms with Crippen LogP contribution in [0.1, 0.15) is 46.7 Å². The summed E-state index contributed by atoms with van der Waals surface area (Å²) in [4.78, 5) is 36.4. The van der Waals surface area contributed by atoms with Crippen molar-refractivity contribution >= 4 is 23.3 Å². The maximum Gasteiger partial charge on any atom is 0.338 e. The summed E-state index contributed by atoms with van der Waals surface area (Å²) in [5, 5.41) is 7.01. The van der Waals surface area contributed by atoms with Gasteiger partial charge in [-0.25, -0.2) is 9.48 Å². The van der Waals surface area contributed by atoms with Crippen molar-refractivity contribution in [2.45, 2.75) is 27.2 Å². The molecular weight excluding hydrogens is 394 g/mol. The third-order valence-corrected chi connectivity index (χ3v) is 4.60. The van der Waals surface area contributed by atoms with E-state index in [9.17, 15) is 14.4 Å². The molecule has 7 heteroatoms. The fourth-order valence-corrected chi connectivity index (χ4v) is 3.00. The molecule has 1 heterocycles. The number of rotatable bonds is 8. The fraction of sp³-hybridized carbons (Fsp3) is 0.250. The molecule has 31 heavy (non-hydrogen) atoms. The van der Waals surface area contributed by atoms with Gasteiger partial charge in [0.1, 0.15) is 0 Å². The summed E-state index contributed by atoms with van der Waals surface area (Å²) < 4.78 is 6.91. The van der Waals surface area contributed by atoms with Crippen molar-refractivity contribution in [3.05, 3.63) is 77.6 Å². The highest BCUT2D eigenvalue weighted by atomic mass is 16.5. The molecule has 1 N–H and O–H groups in total. The minimum absolute atomic E-state index is 0.0725. The quantitative estimate of drug-likeness (QED) is 0.436. The molecule has 0 bridgehead atoms. The van der Waals surface area contributed by atoms with E-state index in [1.807, 2.05) is 26.8 Å². The summed E-state index contributed by atoms with van der Waals surface area (Å²) >= 11 is 0. The number of amides is 1. The van der Waals surface area contributed by atoms with Gasteiger partial charge in [0.2, 0.25) is 5.91 Å². The van der Waals surface area contributed by atoms with Crippen molar-refractivity contribution in [3.63, 3.8) is 0 Å². The number of Topliss-reactive ketones (excluding diaryl/α,β-unsaturated/α-hetero) is 1. The third-order valence-electron chi connectivity index (χ3n) is 4.60. The average Bonchev–Trinajstić information content (AvgIpc) is 3.17. The van der Waals surface area contributed by atoms with Crippen molar-refractivity contribution in [3.8, 4) is 5.69 Å². The van der Waals surface area contributed by atoms with E-state index in [0.717, 1.165) is 11.4 Å². The Morgan fingerprint density at radius 2 is 1.61 bits per heavy atom. The molecule has 0 atom stereocenters. The highest BCUT2D eigenvalue weighted by Crippen LogP contribution is 2.14. The number of esters is 1. The van der Waals surface area contributed by atoms with Crippen molar-refractivity contribution in [1.29, 1.82) is 0 Å². The molecule has 3 aromatic rings. The summed E-state index contributed by atoms with van der Waals surface area (Å²) in [5.41, 5.74) is 3.18. The Hall–Kier alpha value is -3.74. The largest absolute Gasteiger partial charge is 0.454 e. The summed E-state index contributed by atoms with van der Waals surface area (Å²) in [6.45, 7) is 5.51. The number of ketones is 1. The number of hydrogen-bond acceptors (Lipinski definition) is 5. The number of aryl methyl sites for hydroxylation is 1. The van der Waals surface area contributed by atoms with Crippen LogP contribution in [0.25, 0.3) is 5.69 Å². The van der Waals surface area contributed by atoms with Crippen LogP contribution >= 0.6 is 0 Å². The van der Waals surface area contributed by atoms with E-state index in [4.69, 9.17) is 4.74 Å². The Balaban J connectivity index is 1.53. The zero-order valence-electron chi connectivity index (χ0n) is 17.8. The molecule has 0 radical (unpaired) electrons. The lowest BCUT2D eigenvalue weighted by molar-refractivity contribution is -0.116. The van der Waals surface area contributed by atoms with Gasteiger partial charge in [-0.05, 0) is 67.4 Å². The van der Waals surface area contributed by atoms with Crippen LogP contribution in [0.5, 0.6) is 0 Å². The second-order valence-corrected chi connectivity index (χ2v) is 7.65. The molecule has 0 aliphatic carbocycles. The van der Waals surface area contributed by atoms with Crippen molar-refractivity contribution in [1.82, 2.24) is 9.78 Å². The Morgan fingerprint density at radius 1 is 0.968 bits per heavy atom. The first-order chi connectivity index (χ1) is 14.8. The van der Waals surface area contributed by atoms with Crippen LogP contribution in [0.4, 0.5) is 5.69 Å². The average molecular weight is 419 g/mol. The van der Waals surface area contributed by atoms with E-state index < -0.39 is 5.97 Å². The highest BCUT2D eigenvalue weighted by molar-refractivity contribution is 6.00. The number of hydrogen-bond donors (Lipinski definition) is 1. The van der Waals surface area contributed by atoms with Gasteiger partial charge in [0, 0.05) is 29.6 Å². The SMILES string of the molecule is Cc1ccnn1-c1ccc(C(=O)OCC(=O)c2ccc(NC(=O)CC(C)C)cc2)cc1. The first kappa shape index (κ1) is 22.0. The number of anilines is 1. The zero-order valence-corrected chi connectivity index (χ0v) is 17.8. The minimum Gasteiger partial charge on any atom is -0.454 e. The van der Waals surface area contributed by atoms with Crippen LogP contribution in [0, 0.1) is 12.8 Å². The van der Waals surface area contributed by atoms with E-state index >= 15 is 0 Å². The van der Waals surface area contributed by atoms with E-state index in [2.05, 4.69) is 10.4 Å². The molecular formula is C24H25N3O4. The first-order valence-electron chi connectivity index (χ1n) is 10.0. The highest BCUT2D eigenvalue weighted by Gasteiger charge is 2.13. The molecule has 1 aromatic heterocycles. The first-order valence-corrected chi connectivity index (χ1v) is 10.0. The van der Waals surface area contributed by atoms with Gasteiger partial charge in [-0.1, -0.05) is 13.8 Å². The Kier molecular flexibility index (Phi) is 6.97. The van der Waals surface area contributed by atoms with E-state index in [0.29, 0.717) is 23.2 Å². The van der Waals surface area contributed by atoms with Gasteiger partial charge in [-0.2, -0.15) is 5.10 Å². The van der Waals surface area contributed by atoms with Crippen molar-refractivity contribution in [2.24, 2.45) is 5.92 Å². The molecule has 160 valence electrons.